The molecule has 1 heterocycles. The average molecular weight is 287 g/mol. The number of benzene rings is 1. The predicted octanol–water partition coefficient (Wildman–Crippen LogP) is 3.23. The molecule has 0 radical (unpaired) electrons. The van der Waals surface area contributed by atoms with Crippen molar-refractivity contribution >= 4 is 12.0 Å². The second-order valence-corrected chi connectivity index (χ2v) is 4.16. The van der Waals surface area contributed by atoms with Crippen molar-refractivity contribution in [3.05, 3.63) is 65.6 Å². The summed E-state index contributed by atoms with van der Waals surface area (Å²) in [4.78, 5) is 15.8. The molecule has 2 aromatic rings. The number of carbonyl (C=O) groups is 1. The zero-order valence-corrected chi connectivity index (χ0v) is 11.5. The molecule has 0 unspecified atom stereocenters. The van der Waals surface area contributed by atoms with Gasteiger partial charge >= 0.3 is 5.97 Å². The molecule has 108 valence electrons. The number of esters is 1. The highest BCUT2D eigenvalue weighted by molar-refractivity contribution is 5.95. The summed E-state index contributed by atoms with van der Waals surface area (Å²) in [5, 5.41) is 0. The number of nitrogens with zero attached hydrogens (tertiary/aromatic N) is 1. The molecular weight excluding hydrogens is 273 g/mol. The van der Waals surface area contributed by atoms with E-state index in [0.717, 1.165) is 0 Å². The number of halogens is 1. The van der Waals surface area contributed by atoms with Crippen LogP contribution in [-0.4, -0.2) is 18.1 Å². The number of aromatic nitrogens is 1. The lowest BCUT2D eigenvalue weighted by atomic mass is 10.1. The Bertz CT molecular complexity index is 670. The number of hydrogen-bond donors (Lipinski definition) is 0. The van der Waals surface area contributed by atoms with Gasteiger partial charge in [-0.3, -0.25) is 0 Å². The van der Waals surface area contributed by atoms with Gasteiger partial charge < -0.3 is 9.47 Å². The lowest BCUT2D eigenvalue weighted by Crippen LogP contribution is -2.10. The zero-order valence-electron chi connectivity index (χ0n) is 11.5. The Hall–Kier alpha value is -2.69. The summed E-state index contributed by atoms with van der Waals surface area (Å²) < 4.78 is 23.7. The lowest BCUT2D eigenvalue weighted by molar-refractivity contribution is 0.0594. The summed E-state index contributed by atoms with van der Waals surface area (Å²) >= 11 is 0. The van der Waals surface area contributed by atoms with E-state index in [1.807, 2.05) is 0 Å². The first-order valence-electron chi connectivity index (χ1n) is 6.23. The molecule has 0 atom stereocenters. The third kappa shape index (κ3) is 3.25. The molecule has 0 saturated heterocycles. The molecule has 0 bridgehead atoms. The number of carbonyl (C=O) groups excluding carboxylic acids is 1. The van der Waals surface area contributed by atoms with E-state index in [1.165, 1.54) is 25.4 Å². The summed E-state index contributed by atoms with van der Waals surface area (Å²) in [5.74, 6) is -0.874. The van der Waals surface area contributed by atoms with E-state index in [2.05, 4.69) is 11.6 Å². The molecule has 0 N–H and O–H groups in total. The second-order valence-electron chi connectivity index (χ2n) is 4.16. The van der Waals surface area contributed by atoms with Crippen molar-refractivity contribution in [3.8, 4) is 5.88 Å². The van der Waals surface area contributed by atoms with E-state index < -0.39 is 5.97 Å². The van der Waals surface area contributed by atoms with E-state index in [-0.39, 0.29) is 23.9 Å². The second kappa shape index (κ2) is 6.65. The number of pyridine rings is 1. The Labute approximate surface area is 121 Å². The number of ether oxygens (including phenoxy) is 2. The molecule has 0 amide bonds. The van der Waals surface area contributed by atoms with Crippen LogP contribution in [0.5, 0.6) is 5.88 Å². The first-order chi connectivity index (χ1) is 10.2. The topological polar surface area (TPSA) is 48.4 Å². The molecule has 0 aliphatic rings. The van der Waals surface area contributed by atoms with Crippen LogP contribution in [0.2, 0.25) is 0 Å². The maximum atomic E-state index is 13.6. The molecule has 0 aliphatic heterocycles. The molecule has 4 nitrogen and oxygen atoms in total. The molecule has 0 spiro atoms. The fourth-order valence-electron chi connectivity index (χ4n) is 1.80. The Morgan fingerprint density at radius 2 is 2.14 bits per heavy atom. The SMILES string of the molecule is C=Cc1ccnc(OCc2ccccc2F)c1C(=O)OC. The first-order valence-corrected chi connectivity index (χ1v) is 6.23. The highest BCUT2D eigenvalue weighted by Crippen LogP contribution is 2.23. The minimum atomic E-state index is -0.582. The van der Waals surface area contributed by atoms with Crippen LogP contribution < -0.4 is 4.74 Å². The van der Waals surface area contributed by atoms with Crippen molar-refractivity contribution < 1.29 is 18.7 Å². The van der Waals surface area contributed by atoms with Gasteiger partial charge in [0.2, 0.25) is 5.88 Å². The molecule has 1 aromatic carbocycles. The fourth-order valence-corrected chi connectivity index (χ4v) is 1.80. The van der Waals surface area contributed by atoms with E-state index >= 15 is 0 Å². The van der Waals surface area contributed by atoms with Gasteiger partial charge in [0.25, 0.3) is 0 Å². The summed E-state index contributed by atoms with van der Waals surface area (Å²) in [6.45, 7) is 3.59. The van der Waals surface area contributed by atoms with Gasteiger partial charge in [-0.1, -0.05) is 30.9 Å². The van der Waals surface area contributed by atoms with Crippen LogP contribution >= 0.6 is 0 Å². The molecule has 0 saturated carbocycles. The molecule has 2 rings (SSSR count). The highest BCUT2D eigenvalue weighted by atomic mass is 19.1. The number of rotatable bonds is 5. The quantitative estimate of drug-likeness (QED) is 0.792. The van der Waals surface area contributed by atoms with Gasteiger partial charge in [-0.25, -0.2) is 14.2 Å². The van der Waals surface area contributed by atoms with Gasteiger partial charge in [0.05, 0.1) is 7.11 Å². The van der Waals surface area contributed by atoms with Gasteiger partial charge in [0.15, 0.2) is 0 Å². The molecule has 0 fully saturated rings. The molecule has 1 aromatic heterocycles. The van der Waals surface area contributed by atoms with E-state index in [4.69, 9.17) is 9.47 Å². The standard InChI is InChI=1S/C16H14FNO3/c1-3-11-8-9-18-15(14(11)16(19)20-2)21-10-12-6-4-5-7-13(12)17/h3-9H,1,10H2,2H3. The number of methoxy groups -OCH3 is 1. The molecule has 0 aliphatic carbocycles. The fraction of sp³-hybridized carbons (Fsp3) is 0.125. The normalized spacial score (nSPS) is 10.0. The first kappa shape index (κ1) is 14.7. The van der Waals surface area contributed by atoms with Gasteiger partial charge in [0, 0.05) is 11.8 Å². The van der Waals surface area contributed by atoms with Crippen LogP contribution in [0.3, 0.4) is 0 Å². The number of hydrogen-bond acceptors (Lipinski definition) is 4. The Balaban J connectivity index is 2.30. The van der Waals surface area contributed by atoms with Crippen molar-refractivity contribution in [1.29, 1.82) is 0 Å². The van der Waals surface area contributed by atoms with Crippen molar-refractivity contribution in [1.82, 2.24) is 4.98 Å². The van der Waals surface area contributed by atoms with Crippen molar-refractivity contribution in [2.24, 2.45) is 0 Å². The maximum Gasteiger partial charge on any atom is 0.344 e. The summed E-state index contributed by atoms with van der Waals surface area (Å²) in [6, 6.07) is 7.86. The van der Waals surface area contributed by atoms with E-state index in [9.17, 15) is 9.18 Å². The summed E-state index contributed by atoms with van der Waals surface area (Å²) in [7, 11) is 1.27. The van der Waals surface area contributed by atoms with Crippen LogP contribution in [0.25, 0.3) is 6.08 Å². The third-order valence-electron chi connectivity index (χ3n) is 2.88. The Morgan fingerprint density at radius 1 is 1.38 bits per heavy atom. The molecule has 21 heavy (non-hydrogen) atoms. The van der Waals surface area contributed by atoms with Crippen LogP contribution in [0.15, 0.2) is 43.1 Å². The monoisotopic (exact) mass is 287 g/mol. The summed E-state index contributed by atoms with van der Waals surface area (Å²) in [5.41, 5.74) is 1.09. The van der Waals surface area contributed by atoms with Crippen LogP contribution in [-0.2, 0) is 11.3 Å². The summed E-state index contributed by atoms with van der Waals surface area (Å²) in [6.07, 6.45) is 2.99. The minimum absolute atomic E-state index is 0.0374. The molecule has 5 heteroatoms. The van der Waals surface area contributed by atoms with Crippen molar-refractivity contribution in [2.45, 2.75) is 6.61 Å². The van der Waals surface area contributed by atoms with Gasteiger partial charge in [-0.15, -0.1) is 0 Å². The largest absolute Gasteiger partial charge is 0.472 e. The molecular formula is C16H14FNO3. The third-order valence-corrected chi connectivity index (χ3v) is 2.88. The van der Waals surface area contributed by atoms with Crippen LogP contribution in [0.1, 0.15) is 21.5 Å². The van der Waals surface area contributed by atoms with Gasteiger partial charge in [-0.2, -0.15) is 0 Å². The van der Waals surface area contributed by atoms with Crippen LogP contribution in [0.4, 0.5) is 4.39 Å². The van der Waals surface area contributed by atoms with Crippen molar-refractivity contribution in [3.63, 3.8) is 0 Å². The van der Waals surface area contributed by atoms with Gasteiger partial charge in [0.1, 0.15) is 18.0 Å². The average Bonchev–Trinajstić information content (AvgIpc) is 2.53. The smallest absolute Gasteiger partial charge is 0.344 e. The zero-order chi connectivity index (χ0) is 15.2. The predicted molar refractivity (Wildman–Crippen MR) is 76.4 cm³/mol. The van der Waals surface area contributed by atoms with E-state index in [0.29, 0.717) is 11.1 Å². The van der Waals surface area contributed by atoms with Crippen molar-refractivity contribution in [2.75, 3.05) is 7.11 Å². The van der Waals surface area contributed by atoms with Gasteiger partial charge in [-0.05, 0) is 17.7 Å². The Morgan fingerprint density at radius 3 is 2.81 bits per heavy atom. The Kier molecular flexibility index (Phi) is 4.66. The minimum Gasteiger partial charge on any atom is -0.472 e. The highest BCUT2D eigenvalue weighted by Gasteiger charge is 2.18. The van der Waals surface area contributed by atoms with Crippen LogP contribution in [0, 0.1) is 5.82 Å². The lowest BCUT2D eigenvalue weighted by Gasteiger charge is -2.11. The van der Waals surface area contributed by atoms with E-state index in [1.54, 1.807) is 24.3 Å². The maximum absolute atomic E-state index is 13.6.